The first-order valence-electron chi connectivity index (χ1n) is 9.60. The van der Waals surface area contributed by atoms with E-state index in [0.29, 0.717) is 17.3 Å². The van der Waals surface area contributed by atoms with Gasteiger partial charge in [-0.05, 0) is 44.9 Å². The van der Waals surface area contributed by atoms with E-state index in [-0.39, 0.29) is 18.2 Å². The molecule has 7 heteroatoms. The number of anilines is 1. The Kier molecular flexibility index (Phi) is 6.34. The van der Waals surface area contributed by atoms with Crippen LogP contribution in [-0.4, -0.2) is 73.3 Å². The molecular weight excluding hydrogens is 346 g/mol. The lowest BCUT2D eigenvalue weighted by Crippen LogP contribution is -2.54. The van der Waals surface area contributed by atoms with Crippen LogP contribution in [0.25, 0.3) is 0 Å². The second-order valence-corrected chi connectivity index (χ2v) is 7.43. The molecular formula is C20H29N3O4. The van der Waals surface area contributed by atoms with E-state index in [9.17, 15) is 9.59 Å². The molecule has 0 aromatic heterocycles. The molecule has 1 N–H and O–H groups in total. The van der Waals surface area contributed by atoms with Gasteiger partial charge in [0.05, 0.1) is 24.9 Å². The van der Waals surface area contributed by atoms with Crippen molar-refractivity contribution in [2.24, 2.45) is 0 Å². The number of amides is 2. The van der Waals surface area contributed by atoms with Crippen molar-refractivity contribution in [3.63, 3.8) is 0 Å². The van der Waals surface area contributed by atoms with Crippen LogP contribution >= 0.6 is 0 Å². The summed E-state index contributed by atoms with van der Waals surface area (Å²) in [6, 6.07) is 7.18. The van der Waals surface area contributed by atoms with Gasteiger partial charge in [-0.25, -0.2) is 9.59 Å². The number of esters is 1. The van der Waals surface area contributed by atoms with E-state index in [0.717, 1.165) is 39.0 Å². The number of hydrogen-bond donors (Lipinski definition) is 1. The van der Waals surface area contributed by atoms with Gasteiger partial charge in [0.1, 0.15) is 0 Å². The van der Waals surface area contributed by atoms with Crippen molar-refractivity contribution in [3.8, 4) is 0 Å². The molecule has 1 aromatic carbocycles. The van der Waals surface area contributed by atoms with Gasteiger partial charge in [-0.15, -0.1) is 0 Å². The molecule has 0 aliphatic carbocycles. The number of nitrogens with one attached hydrogen (secondary N) is 1. The molecule has 7 nitrogen and oxygen atoms in total. The Labute approximate surface area is 160 Å². The van der Waals surface area contributed by atoms with Crippen LogP contribution < -0.4 is 5.32 Å². The third-order valence-corrected chi connectivity index (χ3v) is 5.25. The van der Waals surface area contributed by atoms with E-state index in [1.807, 2.05) is 4.90 Å². The third kappa shape index (κ3) is 4.99. The highest BCUT2D eigenvalue weighted by atomic mass is 16.5. The van der Waals surface area contributed by atoms with Crippen LogP contribution in [0, 0.1) is 0 Å². The minimum atomic E-state index is -0.416. The predicted octanol–water partition coefficient (Wildman–Crippen LogP) is 2.58. The smallest absolute Gasteiger partial charge is 0.337 e. The molecule has 27 heavy (non-hydrogen) atoms. The maximum Gasteiger partial charge on any atom is 0.337 e. The molecule has 2 heterocycles. The molecule has 2 atom stereocenters. The van der Waals surface area contributed by atoms with Gasteiger partial charge < -0.3 is 19.7 Å². The van der Waals surface area contributed by atoms with Gasteiger partial charge >= 0.3 is 12.0 Å². The van der Waals surface area contributed by atoms with Gasteiger partial charge in [-0.2, -0.15) is 0 Å². The second kappa shape index (κ2) is 8.71. The molecule has 3 rings (SSSR count). The third-order valence-electron chi connectivity index (χ3n) is 5.25. The molecule has 2 aliphatic heterocycles. The van der Waals surface area contributed by atoms with Crippen molar-refractivity contribution in [2.75, 3.05) is 38.6 Å². The molecule has 2 aliphatic rings. The number of piperidine rings is 1. The fraction of sp³-hybridized carbons (Fsp3) is 0.600. The lowest BCUT2D eigenvalue weighted by Gasteiger charge is -2.43. The number of nitrogens with zero attached hydrogens (tertiary/aromatic N) is 2. The van der Waals surface area contributed by atoms with E-state index < -0.39 is 5.97 Å². The van der Waals surface area contributed by atoms with Crippen molar-refractivity contribution in [3.05, 3.63) is 29.8 Å². The summed E-state index contributed by atoms with van der Waals surface area (Å²) in [5, 5.41) is 2.89. The maximum atomic E-state index is 12.6. The molecule has 0 spiro atoms. The summed E-state index contributed by atoms with van der Waals surface area (Å²) in [5.74, 6) is -0.416. The minimum Gasteiger partial charge on any atom is -0.465 e. The Hall–Kier alpha value is -2.12. The van der Waals surface area contributed by atoms with Crippen LogP contribution in [0.4, 0.5) is 10.5 Å². The van der Waals surface area contributed by atoms with Gasteiger partial charge in [-0.1, -0.05) is 6.07 Å². The molecule has 0 saturated carbocycles. The highest BCUT2D eigenvalue weighted by Crippen LogP contribution is 2.22. The van der Waals surface area contributed by atoms with Crippen molar-refractivity contribution < 1.29 is 19.1 Å². The topological polar surface area (TPSA) is 71.1 Å². The maximum absolute atomic E-state index is 12.6. The van der Waals surface area contributed by atoms with E-state index in [2.05, 4.69) is 24.1 Å². The highest BCUT2D eigenvalue weighted by molar-refractivity contribution is 5.93. The fourth-order valence-electron chi connectivity index (χ4n) is 3.99. The summed E-state index contributed by atoms with van der Waals surface area (Å²) >= 11 is 0. The Morgan fingerprint density at radius 2 is 1.81 bits per heavy atom. The average molecular weight is 375 g/mol. The molecule has 2 saturated heterocycles. The van der Waals surface area contributed by atoms with Crippen LogP contribution in [-0.2, 0) is 9.47 Å². The minimum absolute atomic E-state index is 0.126. The summed E-state index contributed by atoms with van der Waals surface area (Å²) in [7, 11) is 1.34. The number of ether oxygens (including phenoxy) is 2. The van der Waals surface area contributed by atoms with Crippen molar-refractivity contribution in [1.29, 1.82) is 0 Å². The van der Waals surface area contributed by atoms with Gasteiger partial charge in [0.25, 0.3) is 0 Å². The van der Waals surface area contributed by atoms with Crippen molar-refractivity contribution >= 4 is 17.7 Å². The number of morpholine rings is 1. The van der Waals surface area contributed by atoms with Gasteiger partial charge in [0.15, 0.2) is 0 Å². The normalized spacial score (nSPS) is 24.5. The van der Waals surface area contributed by atoms with E-state index in [1.165, 1.54) is 7.11 Å². The Morgan fingerprint density at radius 3 is 2.44 bits per heavy atom. The zero-order chi connectivity index (χ0) is 19.4. The monoisotopic (exact) mass is 375 g/mol. The number of urea groups is 1. The predicted molar refractivity (Wildman–Crippen MR) is 103 cm³/mol. The average Bonchev–Trinajstić information content (AvgIpc) is 2.67. The van der Waals surface area contributed by atoms with Gasteiger partial charge in [-0.3, -0.25) is 4.90 Å². The van der Waals surface area contributed by atoms with Crippen LogP contribution in [0.3, 0.4) is 0 Å². The number of likely N-dealkylation sites (tertiary alicyclic amines) is 1. The number of carbonyl (C=O) groups is 2. The molecule has 0 unspecified atom stereocenters. The quantitative estimate of drug-likeness (QED) is 0.822. The summed E-state index contributed by atoms with van der Waals surface area (Å²) in [4.78, 5) is 28.5. The number of carbonyl (C=O) groups excluding carboxylic acids is 2. The molecule has 2 amide bonds. The van der Waals surface area contributed by atoms with Gasteiger partial charge in [0.2, 0.25) is 0 Å². The standard InChI is InChI=1S/C20H29N3O4/c1-14-12-23(13-15(2)27-14)18-7-9-22(10-8-18)20(25)21-17-6-4-5-16(11-17)19(24)26-3/h4-6,11,14-15,18H,7-10,12-13H2,1-3H3,(H,21,25)/t14-,15+. The molecule has 2 fully saturated rings. The molecule has 148 valence electrons. The highest BCUT2D eigenvalue weighted by Gasteiger charge is 2.31. The van der Waals surface area contributed by atoms with Crippen molar-refractivity contribution in [1.82, 2.24) is 9.80 Å². The Bertz CT molecular complexity index is 663. The largest absolute Gasteiger partial charge is 0.465 e. The Morgan fingerprint density at radius 1 is 1.15 bits per heavy atom. The molecule has 1 aromatic rings. The summed E-state index contributed by atoms with van der Waals surface area (Å²) in [5.41, 5.74) is 1.02. The first-order valence-corrected chi connectivity index (χ1v) is 9.60. The van der Waals surface area contributed by atoms with Gasteiger partial charge in [0, 0.05) is 37.9 Å². The summed E-state index contributed by atoms with van der Waals surface area (Å²) in [6.07, 6.45) is 2.46. The summed E-state index contributed by atoms with van der Waals surface area (Å²) in [6.45, 7) is 7.62. The zero-order valence-electron chi connectivity index (χ0n) is 16.3. The number of benzene rings is 1. The second-order valence-electron chi connectivity index (χ2n) is 7.43. The van der Waals surface area contributed by atoms with E-state index >= 15 is 0 Å². The Balaban J connectivity index is 1.52. The van der Waals surface area contributed by atoms with E-state index in [1.54, 1.807) is 24.3 Å². The SMILES string of the molecule is COC(=O)c1cccc(NC(=O)N2CCC(N3C[C@@H](C)O[C@@H](C)C3)CC2)c1. The fourth-order valence-corrected chi connectivity index (χ4v) is 3.99. The zero-order valence-corrected chi connectivity index (χ0v) is 16.3. The van der Waals surface area contributed by atoms with E-state index in [4.69, 9.17) is 9.47 Å². The number of methoxy groups -OCH3 is 1. The number of rotatable bonds is 3. The van der Waals surface area contributed by atoms with Crippen LogP contribution in [0.1, 0.15) is 37.0 Å². The summed E-state index contributed by atoms with van der Waals surface area (Å²) < 4.78 is 10.5. The first-order chi connectivity index (χ1) is 13.0. The molecule has 0 radical (unpaired) electrons. The van der Waals surface area contributed by atoms with Crippen LogP contribution in [0.15, 0.2) is 24.3 Å². The lowest BCUT2D eigenvalue weighted by atomic mass is 10.0. The van der Waals surface area contributed by atoms with Crippen molar-refractivity contribution in [2.45, 2.75) is 44.9 Å². The first kappa shape index (κ1) is 19.6. The van der Waals surface area contributed by atoms with Crippen LogP contribution in [0.5, 0.6) is 0 Å². The van der Waals surface area contributed by atoms with Crippen LogP contribution in [0.2, 0.25) is 0 Å². The number of hydrogen-bond acceptors (Lipinski definition) is 5. The lowest BCUT2D eigenvalue weighted by molar-refractivity contribution is -0.0853. The molecule has 0 bridgehead atoms.